The number of halogens is 1. The second-order valence-corrected chi connectivity index (χ2v) is 6.06. The van der Waals surface area contributed by atoms with Crippen LogP contribution in [0.5, 0.6) is 11.6 Å². The molecule has 0 atom stereocenters. The SMILES string of the molecule is CCCCCCCCC(=O)CNc1ccc(Oc2ccccn2)cn1.Cl. The van der Waals surface area contributed by atoms with Crippen LogP contribution in [0.3, 0.4) is 0 Å². The van der Waals surface area contributed by atoms with Crippen molar-refractivity contribution in [3.63, 3.8) is 0 Å². The molecule has 0 unspecified atom stereocenters. The highest BCUT2D eigenvalue weighted by Gasteiger charge is 2.03. The number of carbonyl (C=O) groups is 1. The Bertz CT molecular complexity index is 621. The molecule has 0 aliphatic rings. The highest BCUT2D eigenvalue weighted by atomic mass is 35.5. The summed E-state index contributed by atoms with van der Waals surface area (Å²) >= 11 is 0. The Hall–Kier alpha value is -2.14. The minimum absolute atomic E-state index is 0. The lowest BCUT2D eigenvalue weighted by Gasteiger charge is -2.07. The Morgan fingerprint density at radius 1 is 1.04 bits per heavy atom. The van der Waals surface area contributed by atoms with Crippen LogP contribution in [0.4, 0.5) is 5.82 Å². The Balaban J connectivity index is 0.00000338. The summed E-state index contributed by atoms with van der Waals surface area (Å²) in [6.45, 7) is 2.53. The van der Waals surface area contributed by atoms with E-state index in [0.717, 1.165) is 12.8 Å². The number of anilines is 1. The van der Waals surface area contributed by atoms with Gasteiger partial charge in [-0.05, 0) is 24.6 Å². The van der Waals surface area contributed by atoms with Gasteiger partial charge in [-0.25, -0.2) is 9.97 Å². The Morgan fingerprint density at radius 2 is 1.85 bits per heavy atom. The van der Waals surface area contributed by atoms with Crippen molar-refractivity contribution in [2.45, 2.75) is 51.9 Å². The van der Waals surface area contributed by atoms with Gasteiger partial charge in [0.15, 0.2) is 5.78 Å². The molecule has 0 saturated heterocycles. The quantitative estimate of drug-likeness (QED) is 0.500. The highest BCUT2D eigenvalue weighted by molar-refractivity contribution is 5.85. The molecule has 0 spiro atoms. The first-order valence-electron chi connectivity index (χ1n) is 9.08. The number of aromatic nitrogens is 2. The first-order chi connectivity index (χ1) is 12.3. The molecule has 6 heteroatoms. The summed E-state index contributed by atoms with van der Waals surface area (Å²) < 4.78 is 5.58. The van der Waals surface area contributed by atoms with E-state index in [1.54, 1.807) is 24.5 Å². The lowest BCUT2D eigenvalue weighted by molar-refractivity contribution is -0.117. The van der Waals surface area contributed by atoms with Crippen LogP contribution < -0.4 is 10.1 Å². The van der Waals surface area contributed by atoms with E-state index in [9.17, 15) is 4.79 Å². The van der Waals surface area contributed by atoms with E-state index in [2.05, 4.69) is 22.2 Å². The zero-order valence-corrected chi connectivity index (χ0v) is 16.1. The fourth-order valence-electron chi connectivity index (χ4n) is 2.45. The third kappa shape index (κ3) is 8.81. The van der Waals surface area contributed by atoms with E-state index < -0.39 is 0 Å². The fourth-order valence-corrected chi connectivity index (χ4v) is 2.45. The van der Waals surface area contributed by atoms with Gasteiger partial charge in [-0.1, -0.05) is 45.1 Å². The lowest BCUT2D eigenvalue weighted by Crippen LogP contribution is -2.14. The van der Waals surface area contributed by atoms with Crippen LogP contribution in [0.2, 0.25) is 0 Å². The maximum absolute atomic E-state index is 11.9. The van der Waals surface area contributed by atoms with Gasteiger partial charge in [0.05, 0.1) is 12.7 Å². The molecule has 0 bridgehead atoms. The van der Waals surface area contributed by atoms with Gasteiger partial charge < -0.3 is 10.1 Å². The third-order valence-corrected chi connectivity index (χ3v) is 3.87. The number of carbonyl (C=O) groups excluding carboxylic acids is 1. The predicted molar refractivity (Wildman–Crippen MR) is 107 cm³/mol. The standard InChI is InChI=1S/C20H27N3O2.ClH/c1-2-3-4-5-6-7-10-17(24)15-22-19-13-12-18(16-23-19)25-20-11-8-9-14-21-20;/h8-9,11-14,16H,2-7,10,15H2,1H3,(H,22,23);1H. The van der Waals surface area contributed by atoms with Gasteiger partial charge in [-0.15, -0.1) is 12.4 Å². The molecule has 0 amide bonds. The zero-order valence-electron chi connectivity index (χ0n) is 15.3. The van der Waals surface area contributed by atoms with Crippen LogP contribution in [0, 0.1) is 0 Å². The maximum Gasteiger partial charge on any atom is 0.219 e. The molecule has 0 aromatic carbocycles. The monoisotopic (exact) mass is 377 g/mol. The lowest BCUT2D eigenvalue weighted by atomic mass is 10.1. The molecule has 2 aromatic heterocycles. The number of Topliss-reactive ketones (excluding diaryl/α,β-unsaturated/α-hetero) is 1. The molecule has 5 nitrogen and oxygen atoms in total. The van der Waals surface area contributed by atoms with E-state index in [4.69, 9.17) is 4.74 Å². The van der Waals surface area contributed by atoms with Gasteiger partial charge in [-0.2, -0.15) is 0 Å². The molecule has 0 fully saturated rings. The smallest absolute Gasteiger partial charge is 0.219 e. The number of hydrogen-bond donors (Lipinski definition) is 1. The van der Waals surface area contributed by atoms with Gasteiger partial charge in [0.25, 0.3) is 0 Å². The van der Waals surface area contributed by atoms with E-state index in [1.807, 2.05) is 18.2 Å². The van der Waals surface area contributed by atoms with E-state index in [1.165, 1.54) is 25.7 Å². The van der Waals surface area contributed by atoms with Crippen molar-refractivity contribution in [1.82, 2.24) is 9.97 Å². The average Bonchev–Trinajstić information content (AvgIpc) is 2.65. The second kappa shape index (κ2) is 13.1. The van der Waals surface area contributed by atoms with Crippen molar-refractivity contribution in [1.29, 1.82) is 0 Å². The molecule has 0 radical (unpaired) electrons. The molecular formula is C20H28ClN3O2. The largest absolute Gasteiger partial charge is 0.437 e. The minimum atomic E-state index is 0. The van der Waals surface area contributed by atoms with Crippen molar-refractivity contribution >= 4 is 24.0 Å². The topological polar surface area (TPSA) is 64.1 Å². The summed E-state index contributed by atoms with van der Waals surface area (Å²) in [5.74, 6) is 2.04. The fraction of sp³-hybridized carbons (Fsp3) is 0.450. The van der Waals surface area contributed by atoms with Gasteiger partial charge in [0.1, 0.15) is 11.6 Å². The Labute approximate surface area is 162 Å². The average molecular weight is 378 g/mol. The van der Waals surface area contributed by atoms with Crippen LogP contribution in [-0.4, -0.2) is 22.3 Å². The number of ether oxygens (including phenoxy) is 1. The van der Waals surface area contributed by atoms with E-state index in [0.29, 0.717) is 30.4 Å². The number of nitrogens with zero attached hydrogens (tertiary/aromatic N) is 2. The number of nitrogens with one attached hydrogen (secondary N) is 1. The number of ketones is 1. The molecule has 26 heavy (non-hydrogen) atoms. The molecule has 0 aliphatic heterocycles. The first kappa shape index (κ1) is 21.9. The summed E-state index contributed by atoms with van der Waals surface area (Å²) in [6, 6.07) is 9.09. The van der Waals surface area contributed by atoms with Gasteiger partial charge in [0, 0.05) is 18.7 Å². The van der Waals surface area contributed by atoms with Crippen molar-refractivity contribution < 1.29 is 9.53 Å². The van der Waals surface area contributed by atoms with Crippen molar-refractivity contribution in [3.05, 3.63) is 42.7 Å². The van der Waals surface area contributed by atoms with Crippen molar-refractivity contribution in [2.24, 2.45) is 0 Å². The van der Waals surface area contributed by atoms with Crippen LogP contribution in [0.1, 0.15) is 51.9 Å². The first-order valence-corrected chi connectivity index (χ1v) is 9.08. The molecule has 142 valence electrons. The Kier molecular flexibility index (Phi) is 11.0. The van der Waals surface area contributed by atoms with E-state index in [-0.39, 0.29) is 18.2 Å². The van der Waals surface area contributed by atoms with Gasteiger partial charge in [-0.3, -0.25) is 4.79 Å². The van der Waals surface area contributed by atoms with E-state index >= 15 is 0 Å². The normalized spacial score (nSPS) is 10.0. The van der Waals surface area contributed by atoms with Crippen molar-refractivity contribution in [2.75, 3.05) is 11.9 Å². The number of pyridine rings is 2. The molecule has 1 N–H and O–H groups in total. The number of unbranched alkanes of at least 4 members (excludes halogenated alkanes) is 5. The van der Waals surface area contributed by atoms with Gasteiger partial charge in [0.2, 0.25) is 5.88 Å². The van der Waals surface area contributed by atoms with Crippen LogP contribution >= 0.6 is 12.4 Å². The van der Waals surface area contributed by atoms with Crippen LogP contribution in [-0.2, 0) is 4.79 Å². The molecular weight excluding hydrogens is 350 g/mol. The highest BCUT2D eigenvalue weighted by Crippen LogP contribution is 2.18. The third-order valence-electron chi connectivity index (χ3n) is 3.87. The molecule has 2 rings (SSSR count). The summed E-state index contributed by atoms with van der Waals surface area (Å²) in [6.07, 6.45) is 11.1. The van der Waals surface area contributed by atoms with Crippen molar-refractivity contribution in [3.8, 4) is 11.6 Å². The second-order valence-electron chi connectivity index (χ2n) is 6.06. The zero-order chi connectivity index (χ0) is 17.7. The van der Waals surface area contributed by atoms with Crippen LogP contribution in [0.15, 0.2) is 42.7 Å². The summed E-state index contributed by atoms with van der Waals surface area (Å²) in [4.78, 5) is 20.2. The summed E-state index contributed by atoms with van der Waals surface area (Å²) in [7, 11) is 0. The predicted octanol–water partition coefficient (Wildman–Crippen LogP) is 5.42. The van der Waals surface area contributed by atoms with Gasteiger partial charge >= 0.3 is 0 Å². The summed E-state index contributed by atoms with van der Waals surface area (Å²) in [5, 5.41) is 3.06. The number of rotatable bonds is 12. The minimum Gasteiger partial charge on any atom is -0.437 e. The number of hydrogen-bond acceptors (Lipinski definition) is 5. The van der Waals surface area contributed by atoms with Crippen LogP contribution in [0.25, 0.3) is 0 Å². The molecule has 0 aliphatic carbocycles. The summed E-state index contributed by atoms with van der Waals surface area (Å²) in [5.41, 5.74) is 0. The molecule has 0 saturated carbocycles. The molecule has 2 aromatic rings. The molecule has 2 heterocycles. The maximum atomic E-state index is 11.9. The Morgan fingerprint density at radius 3 is 2.54 bits per heavy atom.